The van der Waals surface area contributed by atoms with Crippen LogP contribution in [0.25, 0.3) is 10.9 Å². The Kier molecular flexibility index (Phi) is 3.72. The number of carbonyl (C=O) groups is 1. The third-order valence-corrected chi connectivity index (χ3v) is 6.25. The Balaban J connectivity index is 1.93. The molecule has 0 aliphatic heterocycles. The zero-order valence-corrected chi connectivity index (χ0v) is 13.6. The molecule has 1 aliphatic carbocycles. The highest BCUT2D eigenvalue weighted by molar-refractivity contribution is 7.91. The fourth-order valence-electron chi connectivity index (χ4n) is 3.45. The summed E-state index contributed by atoms with van der Waals surface area (Å²) in [6, 6.07) is 7.24. The van der Waals surface area contributed by atoms with Gasteiger partial charge in [-0.15, -0.1) is 0 Å². The number of hydrogen-bond donors (Lipinski definition) is 1. The molecule has 2 atom stereocenters. The van der Waals surface area contributed by atoms with E-state index in [1.807, 2.05) is 18.2 Å². The number of fused-ring (bicyclic) bond motifs is 1. The van der Waals surface area contributed by atoms with Crippen molar-refractivity contribution >= 4 is 26.6 Å². The molecular formula is C16H20N2O3S. The molecule has 1 amide bonds. The van der Waals surface area contributed by atoms with Gasteiger partial charge in [0.25, 0.3) is 5.91 Å². The number of benzene rings is 1. The summed E-state index contributed by atoms with van der Waals surface area (Å²) in [6.07, 6.45) is 5.28. The fourth-order valence-corrected chi connectivity index (χ4v) is 4.94. The van der Waals surface area contributed by atoms with Gasteiger partial charge in [-0.1, -0.05) is 12.1 Å². The molecule has 2 aromatic rings. The minimum atomic E-state index is -3.15. The van der Waals surface area contributed by atoms with Gasteiger partial charge >= 0.3 is 0 Å². The van der Waals surface area contributed by atoms with Crippen LogP contribution in [0.15, 0.2) is 30.5 Å². The second-order valence-electron chi connectivity index (χ2n) is 6.03. The molecule has 0 saturated heterocycles. The monoisotopic (exact) mass is 320 g/mol. The summed E-state index contributed by atoms with van der Waals surface area (Å²) in [5.74, 6) is -0.131. The predicted octanol–water partition coefficient (Wildman–Crippen LogP) is 2.21. The average Bonchev–Trinajstić information content (AvgIpc) is 3.12. The van der Waals surface area contributed by atoms with Crippen molar-refractivity contribution in [2.75, 3.05) is 13.3 Å². The first-order valence-electron chi connectivity index (χ1n) is 7.41. The largest absolute Gasteiger partial charge is 0.361 e. The molecule has 0 spiro atoms. The summed E-state index contributed by atoms with van der Waals surface area (Å²) in [4.78, 5) is 17.5. The highest BCUT2D eigenvalue weighted by Gasteiger charge is 2.39. The second kappa shape index (κ2) is 5.43. The minimum Gasteiger partial charge on any atom is -0.361 e. The summed E-state index contributed by atoms with van der Waals surface area (Å²) >= 11 is 0. The summed E-state index contributed by atoms with van der Waals surface area (Å²) in [5.41, 5.74) is 1.39. The van der Waals surface area contributed by atoms with Crippen LogP contribution in [0.2, 0.25) is 0 Å². The Labute approximate surface area is 130 Å². The molecule has 6 heteroatoms. The van der Waals surface area contributed by atoms with Crippen molar-refractivity contribution in [3.63, 3.8) is 0 Å². The Morgan fingerprint density at radius 1 is 1.27 bits per heavy atom. The normalized spacial score (nSPS) is 22.1. The van der Waals surface area contributed by atoms with Crippen molar-refractivity contribution in [3.05, 3.63) is 36.0 Å². The summed E-state index contributed by atoms with van der Waals surface area (Å²) in [5, 5.41) is 0.523. The Morgan fingerprint density at radius 3 is 2.77 bits per heavy atom. The molecule has 0 radical (unpaired) electrons. The molecule has 1 N–H and O–H groups in total. The molecule has 1 aromatic heterocycles. The molecule has 1 fully saturated rings. The maximum absolute atomic E-state index is 12.8. The highest BCUT2D eigenvalue weighted by atomic mass is 32.2. The first kappa shape index (κ1) is 15.1. The maximum atomic E-state index is 12.8. The topological polar surface area (TPSA) is 70.2 Å². The lowest BCUT2D eigenvalue weighted by molar-refractivity contribution is 0.0739. The maximum Gasteiger partial charge on any atom is 0.256 e. The number of aromatic nitrogens is 1. The van der Waals surface area contributed by atoms with Crippen LogP contribution in [0.4, 0.5) is 0 Å². The van der Waals surface area contributed by atoms with Gasteiger partial charge < -0.3 is 9.88 Å². The smallest absolute Gasteiger partial charge is 0.256 e. The van der Waals surface area contributed by atoms with Gasteiger partial charge in [-0.2, -0.15) is 0 Å². The SMILES string of the molecule is CN(C(=O)c1cccc2cc[nH]c12)C1CCCC1S(C)(=O)=O. The van der Waals surface area contributed by atoms with E-state index in [2.05, 4.69) is 4.98 Å². The first-order chi connectivity index (χ1) is 10.4. The van der Waals surface area contributed by atoms with Gasteiger partial charge in [0, 0.05) is 30.9 Å². The van der Waals surface area contributed by atoms with E-state index in [4.69, 9.17) is 0 Å². The van der Waals surface area contributed by atoms with Gasteiger partial charge in [0.2, 0.25) is 0 Å². The van der Waals surface area contributed by atoms with E-state index in [9.17, 15) is 13.2 Å². The zero-order valence-electron chi connectivity index (χ0n) is 12.7. The predicted molar refractivity (Wildman–Crippen MR) is 86.7 cm³/mol. The van der Waals surface area contributed by atoms with Crippen LogP contribution < -0.4 is 0 Å². The number of para-hydroxylation sites is 1. The van der Waals surface area contributed by atoms with Gasteiger partial charge in [-0.25, -0.2) is 8.42 Å². The molecule has 1 aliphatic rings. The molecule has 1 saturated carbocycles. The van der Waals surface area contributed by atoms with Gasteiger partial charge in [-0.3, -0.25) is 4.79 Å². The number of nitrogens with zero attached hydrogens (tertiary/aromatic N) is 1. The van der Waals surface area contributed by atoms with Crippen molar-refractivity contribution in [2.24, 2.45) is 0 Å². The molecule has 5 nitrogen and oxygen atoms in total. The molecular weight excluding hydrogens is 300 g/mol. The van der Waals surface area contributed by atoms with Gasteiger partial charge in [0.05, 0.1) is 16.3 Å². The van der Waals surface area contributed by atoms with E-state index >= 15 is 0 Å². The molecule has 22 heavy (non-hydrogen) atoms. The number of rotatable bonds is 3. The van der Waals surface area contributed by atoms with Gasteiger partial charge in [0.15, 0.2) is 9.84 Å². The van der Waals surface area contributed by atoms with Crippen LogP contribution in [0.1, 0.15) is 29.6 Å². The number of hydrogen-bond acceptors (Lipinski definition) is 3. The van der Waals surface area contributed by atoms with E-state index < -0.39 is 15.1 Å². The summed E-state index contributed by atoms with van der Waals surface area (Å²) in [6.45, 7) is 0. The lowest BCUT2D eigenvalue weighted by Crippen LogP contribution is -2.44. The number of sulfone groups is 1. The summed E-state index contributed by atoms with van der Waals surface area (Å²) < 4.78 is 23.9. The van der Waals surface area contributed by atoms with Crippen molar-refractivity contribution in [1.29, 1.82) is 0 Å². The van der Waals surface area contributed by atoms with Crippen LogP contribution in [0.5, 0.6) is 0 Å². The third kappa shape index (κ3) is 2.52. The Hall–Kier alpha value is -1.82. The van der Waals surface area contributed by atoms with Crippen LogP contribution in [0.3, 0.4) is 0 Å². The van der Waals surface area contributed by atoms with Crippen molar-refractivity contribution in [3.8, 4) is 0 Å². The number of amides is 1. The van der Waals surface area contributed by atoms with Crippen molar-refractivity contribution in [2.45, 2.75) is 30.6 Å². The molecule has 3 rings (SSSR count). The lowest BCUT2D eigenvalue weighted by atomic mass is 10.1. The molecule has 1 aromatic carbocycles. The second-order valence-corrected chi connectivity index (χ2v) is 8.29. The average molecular weight is 320 g/mol. The van der Waals surface area contributed by atoms with Crippen LogP contribution in [0, 0.1) is 0 Å². The van der Waals surface area contributed by atoms with Gasteiger partial charge in [0.1, 0.15) is 0 Å². The molecule has 2 unspecified atom stereocenters. The van der Waals surface area contributed by atoms with Crippen LogP contribution in [-0.4, -0.2) is 48.8 Å². The van der Waals surface area contributed by atoms with E-state index in [-0.39, 0.29) is 11.9 Å². The quantitative estimate of drug-likeness (QED) is 0.942. The molecule has 118 valence electrons. The fraction of sp³-hybridized carbons (Fsp3) is 0.438. The summed E-state index contributed by atoms with van der Waals surface area (Å²) in [7, 11) is -1.44. The van der Waals surface area contributed by atoms with Crippen molar-refractivity contribution < 1.29 is 13.2 Å². The van der Waals surface area contributed by atoms with Gasteiger partial charge in [-0.05, 0) is 31.4 Å². The molecule has 1 heterocycles. The number of nitrogens with one attached hydrogen (secondary N) is 1. The van der Waals surface area contributed by atoms with E-state index in [0.717, 1.165) is 23.7 Å². The van der Waals surface area contributed by atoms with Crippen LogP contribution in [-0.2, 0) is 9.84 Å². The Bertz CT molecular complexity index is 810. The number of carbonyl (C=O) groups excluding carboxylic acids is 1. The van der Waals surface area contributed by atoms with Crippen molar-refractivity contribution in [1.82, 2.24) is 9.88 Å². The number of aromatic amines is 1. The zero-order chi connectivity index (χ0) is 15.9. The third-order valence-electron chi connectivity index (χ3n) is 4.60. The minimum absolute atomic E-state index is 0.131. The van der Waals surface area contributed by atoms with E-state index in [1.165, 1.54) is 6.26 Å². The standard InChI is InChI=1S/C16H20N2O3S/c1-18(13-7-4-8-14(13)22(2,20)21)16(19)12-6-3-5-11-9-10-17-15(11)12/h3,5-6,9-10,13-14,17H,4,7-8H2,1-2H3. The first-order valence-corrected chi connectivity index (χ1v) is 9.37. The van der Waals surface area contributed by atoms with Crippen LogP contribution >= 0.6 is 0 Å². The van der Waals surface area contributed by atoms with E-state index in [0.29, 0.717) is 12.0 Å². The highest BCUT2D eigenvalue weighted by Crippen LogP contribution is 2.30. The van der Waals surface area contributed by atoms with E-state index in [1.54, 1.807) is 24.2 Å². The Morgan fingerprint density at radius 2 is 2.05 bits per heavy atom. The number of H-pyrrole nitrogens is 1. The lowest BCUT2D eigenvalue weighted by Gasteiger charge is -2.29. The molecule has 0 bridgehead atoms.